The van der Waals surface area contributed by atoms with Crippen LogP contribution in [0.25, 0.3) is 0 Å². The van der Waals surface area contributed by atoms with Gasteiger partial charge in [-0.05, 0) is 56.4 Å². The minimum absolute atomic E-state index is 0.899. The summed E-state index contributed by atoms with van der Waals surface area (Å²) in [5.41, 5.74) is 0. The molecule has 15 heavy (non-hydrogen) atoms. The molecule has 0 N–H and O–H groups in total. The van der Waals surface area contributed by atoms with Crippen LogP contribution >= 0.6 is 12.6 Å². The van der Waals surface area contributed by atoms with Gasteiger partial charge in [-0.25, -0.2) is 0 Å². The Morgan fingerprint density at radius 1 is 0.867 bits per heavy atom. The van der Waals surface area contributed by atoms with Gasteiger partial charge in [-0.2, -0.15) is 12.6 Å². The van der Waals surface area contributed by atoms with Crippen molar-refractivity contribution in [1.29, 1.82) is 0 Å². The smallest absolute Gasteiger partial charge is 0.000966 e. The van der Waals surface area contributed by atoms with E-state index >= 15 is 0 Å². The van der Waals surface area contributed by atoms with Crippen LogP contribution in [-0.4, -0.2) is 30.3 Å². The van der Waals surface area contributed by atoms with Crippen molar-refractivity contribution in [3.8, 4) is 0 Å². The van der Waals surface area contributed by atoms with Crippen molar-refractivity contribution in [2.45, 2.75) is 44.9 Å². The highest BCUT2D eigenvalue weighted by atomic mass is 32.1. The first kappa shape index (κ1) is 11.8. The minimum Gasteiger partial charge on any atom is -0.303 e. The Balaban J connectivity index is 1.67. The van der Waals surface area contributed by atoms with E-state index < -0.39 is 0 Å². The van der Waals surface area contributed by atoms with Gasteiger partial charge in [0.15, 0.2) is 0 Å². The summed E-state index contributed by atoms with van der Waals surface area (Å²) in [6.07, 6.45) is 10.2. The molecule has 0 unspecified atom stereocenters. The van der Waals surface area contributed by atoms with E-state index in [-0.39, 0.29) is 0 Å². The molecule has 2 rings (SSSR count). The lowest BCUT2D eigenvalue weighted by molar-refractivity contribution is 0.152. The van der Waals surface area contributed by atoms with Crippen LogP contribution in [0.4, 0.5) is 0 Å². The average Bonchev–Trinajstić information content (AvgIpc) is 2.31. The zero-order valence-corrected chi connectivity index (χ0v) is 10.7. The summed E-state index contributed by atoms with van der Waals surface area (Å²) in [5.74, 6) is 3.01. The summed E-state index contributed by atoms with van der Waals surface area (Å²) >= 11 is 4.41. The lowest BCUT2D eigenvalue weighted by Crippen LogP contribution is -2.37. The lowest BCUT2D eigenvalue weighted by atomic mass is 9.88. The Morgan fingerprint density at radius 3 is 2.13 bits per heavy atom. The summed E-state index contributed by atoms with van der Waals surface area (Å²) in [6, 6.07) is 0. The van der Waals surface area contributed by atoms with Gasteiger partial charge >= 0.3 is 0 Å². The third-order valence-electron chi connectivity index (χ3n) is 4.21. The highest BCUT2D eigenvalue weighted by molar-refractivity contribution is 7.80. The topological polar surface area (TPSA) is 3.24 Å². The van der Waals surface area contributed by atoms with Gasteiger partial charge in [0.1, 0.15) is 0 Å². The average molecular weight is 227 g/mol. The number of hydrogen-bond acceptors (Lipinski definition) is 2. The molecule has 0 bridgehead atoms. The number of likely N-dealkylation sites (tertiary alicyclic amines) is 1. The maximum absolute atomic E-state index is 4.41. The first-order chi connectivity index (χ1) is 7.38. The quantitative estimate of drug-likeness (QED) is 0.725. The zero-order valence-electron chi connectivity index (χ0n) is 9.83. The maximum Gasteiger partial charge on any atom is 0.000966 e. The van der Waals surface area contributed by atoms with E-state index in [4.69, 9.17) is 0 Å². The monoisotopic (exact) mass is 227 g/mol. The van der Waals surface area contributed by atoms with Gasteiger partial charge in [0.25, 0.3) is 0 Å². The first-order valence-corrected chi connectivity index (χ1v) is 7.35. The molecular weight excluding hydrogens is 202 g/mol. The van der Waals surface area contributed by atoms with Crippen LogP contribution in [0.1, 0.15) is 44.9 Å². The number of piperidine rings is 1. The van der Waals surface area contributed by atoms with E-state index in [1.807, 2.05) is 0 Å². The van der Waals surface area contributed by atoms with Crippen molar-refractivity contribution in [2.24, 2.45) is 11.8 Å². The van der Waals surface area contributed by atoms with Gasteiger partial charge in [-0.1, -0.05) is 19.3 Å². The standard InChI is InChI=1S/C13H25NS/c15-11-13-6-8-14(9-7-13)10-12-4-2-1-3-5-12/h12-13,15H,1-11H2. The molecule has 0 amide bonds. The number of nitrogens with zero attached hydrogens (tertiary/aromatic N) is 1. The van der Waals surface area contributed by atoms with Crippen LogP contribution < -0.4 is 0 Å². The molecule has 1 aliphatic heterocycles. The van der Waals surface area contributed by atoms with Crippen LogP contribution in [0, 0.1) is 11.8 Å². The highest BCUT2D eigenvalue weighted by Gasteiger charge is 2.21. The summed E-state index contributed by atoms with van der Waals surface area (Å²) in [6.45, 7) is 4.06. The van der Waals surface area contributed by atoms with Crippen LogP contribution in [0.15, 0.2) is 0 Å². The third kappa shape index (κ3) is 3.67. The van der Waals surface area contributed by atoms with Gasteiger partial charge < -0.3 is 4.90 Å². The molecule has 0 aromatic heterocycles. The molecule has 1 heterocycles. The van der Waals surface area contributed by atoms with Crippen molar-refractivity contribution in [1.82, 2.24) is 4.90 Å². The van der Waals surface area contributed by atoms with Crippen LogP contribution in [0.5, 0.6) is 0 Å². The fourth-order valence-electron chi connectivity index (χ4n) is 3.09. The molecular formula is C13H25NS. The molecule has 88 valence electrons. The van der Waals surface area contributed by atoms with Crippen molar-refractivity contribution < 1.29 is 0 Å². The molecule has 1 saturated heterocycles. The van der Waals surface area contributed by atoms with Gasteiger partial charge in [0.05, 0.1) is 0 Å². The fraction of sp³-hybridized carbons (Fsp3) is 1.00. The van der Waals surface area contributed by atoms with Crippen molar-refractivity contribution in [3.05, 3.63) is 0 Å². The van der Waals surface area contributed by atoms with E-state index in [1.165, 1.54) is 64.6 Å². The summed E-state index contributed by atoms with van der Waals surface area (Å²) < 4.78 is 0. The molecule has 1 nitrogen and oxygen atoms in total. The molecule has 2 heteroatoms. The van der Waals surface area contributed by atoms with Gasteiger partial charge in [-0.15, -0.1) is 0 Å². The Kier molecular flexibility index (Phi) is 4.83. The summed E-state index contributed by atoms with van der Waals surface area (Å²) in [4.78, 5) is 2.70. The minimum atomic E-state index is 0.899. The van der Waals surface area contributed by atoms with E-state index in [0.717, 1.165) is 17.6 Å². The highest BCUT2D eigenvalue weighted by Crippen LogP contribution is 2.26. The number of rotatable bonds is 3. The fourth-order valence-corrected chi connectivity index (χ4v) is 3.45. The second kappa shape index (κ2) is 6.15. The Morgan fingerprint density at radius 2 is 1.53 bits per heavy atom. The van der Waals surface area contributed by atoms with Crippen molar-refractivity contribution in [3.63, 3.8) is 0 Å². The lowest BCUT2D eigenvalue weighted by Gasteiger charge is -2.34. The van der Waals surface area contributed by atoms with Crippen LogP contribution in [0.2, 0.25) is 0 Å². The SMILES string of the molecule is SCC1CCN(CC2CCCCC2)CC1. The molecule has 1 aliphatic carbocycles. The van der Waals surface area contributed by atoms with E-state index in [9.17, 15) is 0 Å². The molecule has 0 aromatic rings. The first-order valence-electron chi connectivity index (χ1n) is 6.71. The Bertz CT molecular complexity index is 169. The largest absolute Gasteiger partial charge is 0.303 e. The van der Waals surface area contributed by atoms with Crippen molar-refractivity contribution in [2.75, 3.05) is 25.4 Å². The Labute approximate surface area is 100 Å². The zero-order chi connectivity index (χ0) is 10.5. The predicted octanol–water partition coefficient (Wildman–Crippen LogP) is 3.21. The molecule has 0 aromatic carbocycles. The van der Waals surface area contributed by atoms with Crippen LogP contribution in [-0.2, 0) is 0 Å². The second-order valence-corrected chi connectivity index (χ2v) is 5.80. The Hall–Kier alpha value is 0.310. The third-order valence-corrected chi connectivity index (χ3v) is 4.72. The van der Waals surface area contributed by atoms with E-state index in [1.54, 1.807) is 0 Å². The predicted molar refractivity (Wildman–Crippen MR) is 69.6 cm³/mol. The molecule has 2 fully saturated rings. The maximum atomic E-state index is 4.41. The number of thiol groups is 1. The molecule has 0 radical (unpaired) electrons. The second-order valence-electron chi connectivity index (χ2n) is 5.43. The van der Waals surface area contributed by atoms with Gasteiger partial charge in [-0.3, -0.25) is 0 Å². The van der Waals surface area contributed by atoms with Crippen LogP contribution in [0.3, 0.4) is 0 Å². The van der Waals surface area contributed by atoms with Gasteiger partial charge in [0.2, 0.25) is 0 Å². The number of hydrogen-bond donors (Lipinski definition) is 1. The summed E-state index contributed by atoms with van der Waals surface area (Å²) in [5, 5.41) is 0. The molecule has 2 aliphatic rings. The molecule has 0 spiro atoms. The van der Waals surface area contributed by atoms with E-state index in [0.29, 0.717) is 0 Å². The van der Waals surface area contributed by atoms with E-state index in [2.05, 4.69) is 17.5 Å². The summed E-state index contributed by atoms with van der Waals surface area (Å²) in [7, 11) is 0. The normalized spacial score (nSPS) is 27.0. The van der Waals surface area contributed by atoms with Crippen molar-refractivity contribution >= 4 is 12.6 Å². The van der Waals surface area contributed by atoms with Gasteiger partial charge in [0, 0.05) is 6.54 Å². The molecule has 0 atom stereocenters. The molecule has 1 saturated carbocycles.